The van der Waals surface area contributed by atoms with E-state index in [1.165, 1.54) is 42.5 Å². The van der Waals surface area contributed by atoms with E-state index in [1.54, 1.807) is 6.07 Å². The molecule has 1 aromatic heterocycles. The quantitative estimate of drug-likeness (QED) is 0.386. The van der Waals surface area contributed by atoms with Gasteiger partial charge in [0.25, 0.3) is 0 Å². The van der Waals surface area contributed by atoms with E-state index in [-0.39, 0.29) is 33.9 Å². The Labute approximate surface area is 221 Å². The maximum absolute atomic E-state index is 14.3. The van der Waals surface area contributed by atoms with Crippen LogP contribution < -0.4 is 20.7 Å². The van der Waals surface area contributed by atoms with Gasteiger partial charge in [-0.25, -0.2) is 4.39 Å². The van der Waals surface area contributed by atoms with Crippen molar-refractivity contribution in [1.82, 2.24) is 15.3 Å². The number of rotatable bonds is 6. The van der Waals surface area contributed by atoms with E-state index in [0.29, 0.717) is 44.7 Å². The Kier molecular flexibility index (Phi) is 7.06. The van der Waals surface area contributed by atoms with Crippen molar-refractivity contribution in [2.24, 2.45) is 5.41 Å². The number of carboxylic acid groups (broad SMARTS) is 1. The van der Waals surface area contributed by atoms with Gasteiger partial charge in [0.15, 0.2) is 0 Å². The number of nitrogens with zero attached hydrogens (tertiary/aromatic N) is 3. The third kappa shape index (κ3) is 5.75. The second-order valence-corrected chi connectivity index (χ2v) is 10.0. The number of aliphatic carboxylic acids is 1. The molecule has 0 saturated carbocycles. The van der Waals surface area contributed by atoms with Gasteiger partial charge in [-0.05, 0) is 47.9 Å². The average Bonchev–Trinajstić information content (AvgIpc) is 3.30. The number of halogens is 4. The molecule has 2 aliphatic heterocycles. The maximum atomic E-state index is 14.3. The molecule has 4 N–H and O–H groups in total. The summed E-state index contributed by atoms with van der Waals surface area (Å²) >= 11 is 0. The smallest absolute Gasteiger partial charge is 0.429 e. The number of carboxylic acids is 1. The van der Waals surface area contributed by atoms with Gasteiger partial charge in [0.05, 0.1) is 0 Å². The molecule has 0 radical (unpaired) electrons. The van der Waals surface area contributed by atoms with Crippen LogP contribution in [0.2, 0.25) is 0 Å². The van der Waals surface area contributed by atoms with E-state index in [0.717, 1.165) is 6.07 Å². The van der Waals surface area contributed by atoms with Crippen LogP contribution in [0.4, 0.5) is 29.3 Å². The number of benzene rings is 2. The number of nitrogen functional groups attached to an aromatic ring is 1. The van der Waals surface area contributed by atoms with Gasteiger partial charge in [-0.3, -0.25) is 4.79 Å². The highest BCUT2D eigenvalue weighted by Crippen LogP contribution is 2.43. The van der Waals surface area contributed by atoms with Crippen molar-refractivity contribution in [3.63, 3.8) is 0 Å². The highest BCUT2D eigenvalue weighted by Gasteiger charge is 2.45. The molecule has 8 nitrogen and oxygen atoms in total. The number of aromatic nitrogens is 2. The molecule has 5 rings (SSSR count). The Morgan fingerprint density at radius 2 is 1.87 bits per heavy atom. The monoisotopic (exact) mass is 545 g/mol. The van der Waals surface area contributed by atoms with E-state index < -0.39 is 30.1 Å². The van der Waals surface area contributed by atoms with Gasteiger partial charge in [-0.15, -0.1) is 0 Å². The first-order valence-corrected chi connectivity index (χ1v) is 12.5. The predicted molar refractivity (Wildman–Crippen MR) is 136 cm³/mol. The number of nitrogens with two attached hydrogens (primary N) is 1. The third-order valence-corrected chi connectivity index (χ3v) is 7.43. The van der Waals surface area contributed by atoms with Gasteiger partial charge in [0.1, 0.15) is 17.7 Å². The van der Waals surface area contributed by atoms with Gasteiger partial charge in [-0.2, -0.15) is 23.1 Å². The van der Waals surface area contributed by atoms with Crippen LogP contribution in [0.15, 0.2) is 54.6 Å². The van der Waals surface area contributed by atoms with Crippen molar-refractivity contribution >= 4 is 17.7 Å². The molecule has 39 heavy (non-hydrogen) atoms. The van der Waals surface area contributed by atoms with Gasteiger partial charge in [0, 0.05) is 31.3 Å². The van der Waals surface area contributed by atoms with Crippen LogP contribution in [-0.4, -0.2) is 52.9 Å². The lowest BCUT2D eigenvalue weighted by Crippen LogP contribution is -2.41. The first kappa shape index (κ1) is 26.7. The van der Waals surface area contributed by atoms with Crippen LogP contribution in [0, 0.1) is 11.2 Å². The molecule has 2 saturated heterocycles. The van der Waals surface area contributed by atoms with E-state index in [2.05, 4.69) is 15.3 Å². The summed E-state index contributed by atoms with van der Waals surface area (Å²) in [5, 5.41) is 12.4. The zero-order valence-corrected chi connectivity index (χ0v) is 20.8. The van der Waals surface area contributed by atoms with Gasteiger partial charge in [0.2, 0.25) is 17.9 Å². The summed E-state index contributed by atoms with van der Waals surface area (Å²) in [6, 6.07) is 11.9. The van der Waals surface area contributed by atoms with Crippen molar-refractivity contribution in [2.75, 3.05) is 30.3 Å². The Balaban J connectivity index is 1.39. The topological polar surface area (TPSA) is 114 Å². The summed E-state index contributed by atoms with van der Waals surface area (Å²) in [5.41, 5.74) is 5.97. The Bertz CT molecular complexity index is 1360. The molecule has 0 aliphatic carbocycles. The van der Waals surface area contributed by atoms with Crippen molar-refractivity contribution < 1.29 is 32.2 Å². The van der Waals surface area contributed by atoms with Crippen LogP contribution in [0.3, 0.4) is 0 Å². The summed E-state index contributed by atoms with van der Waals surface area (Å²) in [5.74, 6) is -1.71. The molecule has 3 heterocycles. The lowest BCUT2D eigenvalue weighted by molar-refractivity contribution is -0.198. The minimum Gasteiger partial charge on any atom is -0.480 e. The van der Waals surface area contributed by atoms with Gasteiger partial charge >= 0.3 is 12.1 Å². The normalized spacial score (nSPS) is 19.7. The third-order valence-electron chi connectivity index (χ3n) is 7.43. The lowest BCUT2D eigenvalue weighted by atomic mass is 9.76. The van der Waals surface area contributed by atoms with Crippen molar-refractivity contribution in [3.8, 4) is 17.0 Å². The Morgan fingerprint density at radius 3 is 2.54 bits per heavy atom. The molecule has 12 heteroatoms. The van der Waals surface area contributed by atoms with Crippen LogP contribution in [0.25, 0.3) is 11.1 Å². The second kappa shape index (κ2) is 10.3. The second-order valence-electron chi connectivity index (χ2n) is 10.0. The maximum Gasteiger partial charge on any atom is 0.429 e. The van der Waals surface area contributed by atoms with Crippen LogP contribution >= 0.6 is 0 Å². The van der Waals surface area contributed by atoms with Gasteiger partial charge < -0.3 is 25.8 Å². The van der Waals surface area contributed by atoms with E-state index >= 15 is 0 Å². The fourth-order valence-corrected chi connectivity index (χ4v) is 5.41. The van der Waals surface area contributed by atoms with E-state index in [1.807, 2.05) is 4.90 Å². The van der Waals surface area contributed by atoms with Crippen LogP contribution in [0.1, 0.15) is 30.9 Å². The number of carbonyl (C=O) groups is 1. The van der Waals surface area contributed by atoms with E-state index in [9.17, 15) is 27.5 Å². The minimum absolute atomic E-state index is 0.153. The first-order chi connectivity index (χ1) is 18.5. The number of hydrogen-bond acceptors (Lipinski definition) is 7. The number of hydrogen-bond donors (Lipinski definition) is 3. The van der Waals surface area contributed by atoms with Crippen molar-refractivity contribution in [3.05, 3.63) is 66.0 Å². The van der Waals surface area contributed by atoms with E-state index in [4.69, 9.17) is 10.5 Å². The SMILES string of the molecule is Nc1nc(O[C@H](c2ccccc2-c2cccc(F)c2)C(F)(F)F)cc(N2CCC3(CC2)CNC(C(=O)O)C3)n1. The molecule has 0 bridgehead atoms. The standard InChI is InChI=1S/C27H27F4N5O3/c28-17-5-3-4-16(12-17)18-6-1-2-7-19(18)23(27(29,30)31)39-22-13-21(34-25(32)35-22)36-10-8-26(9-11-36)14-20(24(37)38)33-15-26/h1-7,12-13,20,23,33H,8-11,14-15H2,(H,37,38)(H2,32,34,35)/t20?,23-/m1/s1. The van der Waals surface area contributed by atoms with Gasteiger partial charge in [-0.1, -0.05) is 36.4 Å². The Hall–Kier alpha value is -3.93. The summed E-state index contributed by atoms with van der Waals surface area (Å²) in [6.07, 6.45) is -5.32. The zero-order chi connectivity index (χ0) is 27.8. The predicted octanol–water partition coefficient (Wildman–Crippen LogP) is 4.58. The molecule has 1 spiro atoms. The zero-order valence-electron chi connectivity index (χ0n) is 20.8. The average molecular weight is 546 g/mol. The number of alkyl halides is 3. The van der Waals surface area contributed by atoms with Crippen LogP contribution in [0.5, 0.6) is 5.88 Å². The highest BCUT2D eigenvalue weighted by atomic mass is 19.4. The highest BCUT2D eigenvalue weighted by molar-refractivity contribution is 5.74. The summed E-state index contributed by atoms with van der Waals surface area (Å²) in [4.78, 5) is 21.4. The minimum atomic E-state index is -4.82. The molecule has 1 unspecified atom stereocenters. The van der Waals surface area contributed by atoms with Crippen molar-refractivity contribution in [1.29, 1.82) is 0 Å². The van der Waals surface area contributed by atoms with Crippen molar-refractivity contribution in [2.45, 2.75) is 37.6 Å². The number of ether oxygens (including phenoxy) is 1. The summed E-state index contributed by atoms with van der Waals surface area (Å²) < 4.78 is 62.4. The van der Waals surface area contributed by atoms with Crippen LogP contribution in [-0.2, 0) is 4.79 Å². The lowest BCUT2D eigenvalue weighted by Gasteiger charge is -2.39. The molecule has 206 valence electrons. The Morgan fingerprint density at radius 1 is 1.13 bits per heavy atom. The molecule has 2 atom stereocenters. The molecular formula is C27H27F4N5O3. The summed E-state index contributed by atoms with van der Waals surface area (Å²) in [7, 11) is 0. The molecule has 2 aromatic carbocycles. The first-order valence-electron chi connectivity index (χ1n) is 12.5. The number of piperidine rings is 1. The fraction of sp³-hybridized carbons (Fsp3) is 0.370. The number of anilines is 2. The fourth-order valence-electron chi connectivity index (χ4n) is 5.41. The molecule has 2 aliphatic rings. The number of nitrogens with one attached hydrogen (secondary N) is 1. The molecule has 0 amide bonds. The molecule has 2 fully saturated rings. The summed E-state index contributed by atoms with van der Waals surface area (Å²) in [6.45, 7) is 1.64. The molecular weight excluding hydrogens is 518 g/mol. The largest absolute Gasteiger partial charge is 0.480 e. The molecule has 3 aromatic rings.